The van der Waals surface area contributed by atoms with E-state index in [-0.39, 0.29) is 23.3 Å². The molecule has 0 aromatic heterocycles. The Bertz CT molecular complexity index is 531. The molecule has 1 aliphatic rings. The fourth-order valence-electron chi connectivity index (χ4n) is 2.02. The minimum atomic E-state index is -3.56. The van der Waals surface area contributed by atoms with E-state index in [1.807, 2.05) is 0 Å². The average molecular weight is 346 g/mol. The second kappa shape index (κ2) is 6.61. The average Bonchev–Trinajstić information content (AvgIpc) is 2.27. The van der Waals surface area contributed by atoms with Crippen LogP contribution in [0.1, 0.15) is 12.8 Å². The SMILES string of the molecule is Cl.NC1CCCN(S(=O)(=O)c2cc(Cl)cc(Cl)c2)C1. The van der Waals surface area contributed by atoms with Gasteiger partial charge in [0, 0.05) is 29.2 Å². The second-order valence-electron chi connectivity index (χ2n) is 4.37. The zero-order chi connectivity index (χ0) is 13.3. The lowest BCUT2D eigenvalue weighted by Gasteiger charge is -2.29. The number of rotatable bonds is 2. The zero-order valence-corrected chi connectivity index (χ0v) is 13.2. The number of benzene rings is 1. The highest BCUT2D eigenvalue weighted by atomic mass is 35.5. The minimum Gasteiger partial charge on any atom is -0.327 e. The van der Waals surface area contributed by atoms with Crippen LogP contribution in [0.4, 0.5) is 0 Å². The van der Waals surface area contributed by atoms with Crippen LogP contribution in [-0.2, 0) is 10.0 Å². The molecule has 8 heteroatoms. The van der Waals surface area contributed by atoms with Crippen LogP contribution in [0.15, 0.2) is 23.1 Å². The molecule has 0 radical (unpaired) electrons. The number of sulfonamides is 1. The van der Waals surface area contributed by atoms with Crippen molar-refractivity contribution in [3.63, 3.8) is 0 Å². The van der Waals surface area contributed by atoms with Crippen molar-refractivity contribution in [1.82, 2.24) is 4.31 Å². The van der Waals surface area contributed by atoms with Gasteiger partial charge >= 0.3 is 0 Å². The Morgan fingerprint density at radius 2 is 1.79 bits per heavy atom. The topological polar surface area (TPSA) is 63.4 Å². The van der Waals surface area contributed by atoms with E-state index in [1.165, 1.54) is 22.5 Å². The molecule has 1 saturated heterocycles. The van der Waals surface area contributed by atoms with Crippen LogP contribution >= 0.6 is 35.6 Å². The number of hydrogen-bond donors (Lipinski definition) is 1. The van der Waals surface area contributed by atoms with Crippen molar-refractivity contribution in [3.05, 3.63) is 28.2 Å². The summed E-state index contributed by atoms with van der Waals surface area (Å²) in [5.41, 5.74) is 5.80. The van der Waals surface area contributed by atoms with Gasteiger partial charge in [0.15, 0.2) is 0 Å². The van der Waals surface area contributed by atoms with Gasteiger partial charge in [-0.05, 0) is 31.0 Å². The van der Waals surface area contributed by atoms with Gasteiger partial charge in [0.25, 0.3) is 0 Å². The fraction of sp³-hybridized carbons (Fsp3) is 0.455. The van der Waals surface area contributed by atoms with E-state index in [2.05, 4.69) is 0 Å². The summed E-state index contributed by atoms with van der Waals surface area (Å²) in [4.78, 5) is 0.120. The van der Waals surface area contributed by atoms with Crippen molar-refractivity contribution < 1.29 is 8.42 Å². The molecule has 0 spiro atoms. The Balaban J connectivity index is 0.00000180. The van der Waals surface area contributed by atoms with Crippen LogP contribution in [0.3, 0.4) is 0 Å². The predicted octanol–water partition coefficient (Wildman–Crippen LogP) is 2.53. The molecule has 1 aliphatic heterocycles. The predicted molar refractivity (Wildman–Crippen MR) is 79.7 cm³/mol. The van der Waals surface area contributed by atoms with Crippen LogP contribution in [-0.4, -0.2) is 31.9 Å². The van der Waals surface area contributed by atoms with Gasteiger partial charge in [-0.2, -0.15) is 4.31 Å². The molecule has 1 fully saturated rings. The molecule has 19 heavy (non-hydrogen) atoms. The Kier molecular flexibility index (Phi) is 5.92. The summed E-state index contributed by atoms with van der Waals surface area (Å²) in [6, 6.07) is 4.21. The maximum atomic E-state index is 12.4. The number of nitrogens with zero attached hydrogens (tertiary/aromatic N) is 1. The molecule has 0 saturated carbocycles. The Morgan fingerprint density at radius 3 is 2.32 bits per heavy atom. The van der Waals surface area contributed by atoms with Crippen molar-refractivity contribution in [2.24, 2.45) is 5.73 Å². The molecule has 1 atom stereocenters. The Hall–Kier alpha value is -0.0400. The monoisotopic (exact) mass is 344 g/mol. The zero-order valence-electron chi connectivity index (χ0n) is 10.1. The van der Waals surface area contributed by atoms with Crippen LogP contribution in [0, 0.1) is 0 Å². The molecule has 0 amide bonds. The van der Waals surface area contributed by atoms with Gasteiger partial charge in [-0.25, -0.2) is 8.42 Å². The van der Waals surface area contributed by atoms with E-state index in [9.17, 15) is 8.42 Å². The van der Waals surface area contributed by atoms with E-state index in [0.717, 1.165) is 12.8 Å². The molecule has 4 nitrogen and oxygen atoms in total. The third-order valence-corrected chi connectivity index (χ3v) is 5.17. The van der Waals surface area contributed by atoms with Gasteiger partial charge < -0.3 is 5.73 Å². The van der Waals surface area contributed by atoms with E-state index in [0.29, 0.717) is 23.1 Å². The highest BCUT2D eigenvalue weighted by molar-refractivity contribution is 7.89. The van der Waals surface area contributed by atoms with Gasteiger partial charge in [0.1, 0.15) is 0 Å². The summed E-state index contributed by atoms with van der Waals surface area (Å²) in [7, 11) is -3.56. The van der Waals surface area contributed by atoms with Crippen LogP contribution in [0.25, 0.3) is 0 Å². The van der Waals surface area contributed by atoms with Crippen molar-refractivity contribution in [1.29, 1.82) is 0 Å². The molecule has 1 aromatic rings. The maximum absolute atomic E-state index is 12.4. The quantitative estimate of drug-likeness (QED) is 0.896. The first-order valence-corrected chi connectivity index (χ1v) is 7.81. The largest absolute Gasteiger partial charge is 0.327 e. The van der Waals surface area contributed by atoms with E-state index in [1.54, 1.807) is 0 Å². The highest BCUT2D eigenvalue weighted by Crippen LogP contribution is 2.26. The standard InChI is InChI=1S/C11H14Cl2N2O2S.ClH/c12-8-4-9(13)6-11(5-8)18(16,17)15-3-1-2-10(14)7-15;/h4-6,10H,1-3,7,14H2;1H. The lowest BCUT2D eigenvalue weighted by Crippen LogP contribution is -2.45. The van der Waals surface area contributed by atoms with Gasteiger partial charge in [-0.1, -0.05) is 23.2 Å². The first-order chi connectivity index (χ1) is 8.39. The number of hydrogen-bond acceptors (Lipinski definition) is 3. The summed E-state index contributed by atoms with van der Waals surface area (Å²) in [6.45, 7) is 0.826. The van der Waals surface area contributed by atoms with Crippen molar-refractivity contribution >= 4 is 45.6 Å². The third kappa shape index (κ3) is 3.97. The van der Waals surface area contributed by atoms with Crippen LogP contribution < -0.4 is 5.73 Å². The lowest BCUT2D eigenvalue weighted by atomic mass is 10.1. The summed E-state index contributed by atoms with van der Waals surface area (Å²) in [6.07, 6.45) is 1.62. The molecular formula is C11H15Cl3N2O2S. The normalized spacial score (nSPS) is 20.9. The summed E-state index contributed by atoms with van der Waals surface area (Å²) >= 11 is 11.7. The minimum absolute atomic E-state index is 0. The summed E-state index contributed by atoms with van der Waals surface area (Å²) < 4.78 is 26.2. The van der Waals surface area contributed by atoms with Crippen molar-refractivity contribution in [2.75, 3.05) is 13.1 Å². The van der Waals surface area contributed by atoms with Gasteiger partial charge in [0.2, 0.25) is 10.0 Å². The molecule has 0 aliphatic carbocycles. The molecule has 1 heterocycles. The van der Waals surface area contributed by atoms with Crippen molar-refractivity contribution in [3.8, 4) is 0 Å². The smallest absolute Gasteiger partial charge is 0.243 e. The van der Waals surface area contributed by atoms with E-state index >= 15 is 0 Å². The first kappa shape index (κ1) is 17.0. The first-order valence-electron chi connectivity index (χ1n) is 5.61. The van der Waals surface area contributed by atoms with Gasteiger partial charge in [-0.15, -0.1) is 12.4 Å². The fourth-order valence-corrected chi connectivity index (χ4v) is 4.28. The molecule has 0 bridgehead atoms. The van der Waals surface area contributed by atoms with Gasteiger partial charge in [0.05, 0.1) is 4.90 Å². The molecule has 1 aromatic carbocycles. The molecular weight excluding hydrogens is 331 g/mol. The van der Waals surface area contributed by atoms with Crippen molar-refractivity contribution in [2.45, 2.75) is 23.8 Å². The van der Waals surface area contributed by atoms with Gasteiger partial charge in [-0.3, -0.25) is 0 Å². The van der Waals surface area contributed by atoms with E-state index < -0.39 is 10.0 Å². The molecule has 108 valence electrons. The summed E-state index contributed by atoms with van der Waals surface area (Å²) in [5, 5.41) is 0.616. The highest BCUT2D eigenvalue weighted by Gasteiger charge is 2.29. The third-order valence-electron chi connectivity index (χ3n) is 2.89. The Morgan fingerprint density at radius 1 is 1.21 bits per heavy atom. The molecule has 2 N–H and O–H groups in total. The number of nitrogens with two attached hydrogens (primary N) is 1. The van der Waals surface area contributed by atoms with Crippen LogP contribution in [0.2, 0.25) is 10.0 Å². The molecule has 2 rings (SSSR count). The Labute approximate surface area is 129 Å². The van der Waals surface area contributed by atoms with Crippen LogP contribution in [0.5, 0.6) is 0 Å². The lowest BCUT2D eigenvalue weighted by molar-refractivity contribution is 0.316. The van der Waals surface area contributed by atoms with E-state index in [4.69, 9.17) is 28.9 Å². The molecule has 1 unspecified atom stereocenters. The maximum Gasteiger partial charge on any atom is 0.243 e. The number of halogens is 3. The second-order valence-corrected chi connectivity index (χ2v) is 7.18. The summed E-state index contributed by atoms with van der Waals surface area (Å²) in [5.74, 6) is 0. The number of piperidine rings is 1.